The van der Waals surface area contributed by atoms with Crippen LogP contribution in [0.25, 0.3) is 0 Å². The molecule has 0 amide bonds. The second-order valence-electron chi connectivity index (χ2n) is 4.83. The minimum atomic E-state index is -0.199. The monoisotopic (exact) mass is 286 g/mol. The number of fused-ring (bicyclic) bond motifs is 1. The molecule has 0 aromatic carbocycles. The average Bonchev–Trinajstić information content (AvgIpc) is 2.59. The summed E-state index contributed by atoms with van der Waals surface area (Å²) >= 11 is 5.25. The van der Waals surface area contributed by atoms with Crippen molar-refractivity contribution < 1.29 is 5.11 Å². The summed E-state index contributed by atoms with van der Waals surface area (Å²) in [5.41, 5.74) is 0. The Morgan fingerprint density at radius 3 is 2.67 bits per heavy atom. The van der Waals surface area contributed by atoms with Gasteiger partial charge in [0.25, 0.3) is 0 Å². The van der Waals surface area contributed by atoms with E-state index in [0.29, 0.717) is 5.92 Å². The minimum Gasteiger partial charge on any atom is -0.387 e. The molecule has 1 aromatic heterocycles. The zero-order valence-electron chi connectivity index (χ0n) is 8.74. The van der Waals surface area contributed by atoms with Crippen molar-refractivity contribution in [2.45, 2.75) is 32.3 Å². The van der Waals surface area contributed by atoms with Crippen LogP contribution in [0, 0.1) is 24.7 Å². The van der Waals surface area contributed by atoms with Gasteiger partial charge in [0.1, 0.15) is 0 Å². The molecular weight excluding hydrogens is 272 g/mol. The van der Waals surface area contributed by atoms with Gasteiger partial charge in [0.05, 0.1) is 6.10 Å². The molecule has 0 spiro atoms. The number of hydrogen-bond donors (Lipinski definition) is 1. The van der Waals surface area contributed by atoms with Crippen LogP contribution in [-0.2, 0) is 0 Å². The van der Waals surface area contributed by atoms with Crippen molar-refractivity contribution in [2.75, 3.05) is 0 Å². The lowest BCUT2D eigenvalue weighted by molar-refractivity contribution is 0.140. The van der Waals surface area contributed by atoms with Crippen molar-refractivity contribution in [1.82, 2.24) is 0 Å². The van der Waals surface area contributed by atoms with E-state index in [2.05, 4.69) is 28.9 Å². The predicted molar refractivity (Wildman–Crippen MR) is 66.0 cm³/mol. The first-order chi connectivity index (χ1) is 7.18. The topological polar surface area (TPSA) is 20.2 Å². The number of halogens is 1. The summed E-state index contributed by atoms with van der Waals surface area (Å²) in [6.45, 7) is 2.10. The highest BCUT2D eigenvalue weighted by Crippen LogP contribution is 2.62. The molecule has 2 aliphatic rings. The predicted octanol–water partition coefficient (Wildman–Crippen LogP) is 3.90. The Morgan fingerprint density at radius 2 is 2.13 bits per heavy atom. The minimum absolute atomic E-state index is 0.199. The number of hydrogen-bond acceptors (Lipinski definition) is 2. The molecule has 1 nitrogen and oxygen atoms in total. The number of aryl methyl sites for hydroxylation is 1. The fourth-order valence-corrected chi connectivity index (χ4v) is 4.77. The van der Waals surface area contributed by atoms with Crippen molar-refractivity contribution in [3.8, 4) is 0 Å². The van der Waals surface area contributed by atoms with Gasteiger partial charge in [-0.3, -0.25) is 0 Å². The maximum Gasteiger partial charge on any atom is 0.0916 e. The Bertz CT molecular complexity index is 357. The Kier molecular flexibility index (Phi) is 2.45. The smallest absolute Gasteiger partial charge is 0.0916 e. The van der Waals surface area contributed by atoms with Gasteiger partial charge < -0.3 is 5.11 Å². The fraction of sp³-hybridized carbons (Fsp3) is 0.667. The molecule has 15 heavy (non-hydrogen) atoms. The van der Waals surface area contributed by atoms with Crippen LogP contribution in [0.2, 0.25) is 0 Å². The van der Waals surface area contributed by atoms with Gasteiger partial charge in [-0.25, -0.2) is 0 Å². The number of thiophene rings is 1. The van der Waals surface area contributed by atoms with Crippen molar-refractivity contribution in [3.05, 3.63) is 20.3 Å². The highest BCUT2D eigenvalue weighted by atomic mass is 79.9. The van der Waals surface area contributed by atoms with Crippen LogP contribution in [0.4, 0.5) is 0 Å². The van der Waals surface area contributed by atoms with E-state index in [-0.39, 0.29) is 6.10 Å². The highest BCUT2D eigenvalue weighted by Gasteiger charge is 2.56. The van der Waals surface area contributed by atoms with Gasteiger partial charge in [0, 0.05) is 14.2 Å². The van der Waals surface area contributed by atoms with Gasteiger partial charge in [-0.1, -0.05) is 6.42 Å². The summed E-state index contributed by atoms with van der Waals surface area (Å²) < 4.78 is 1.15. The van der Waals surface area contributed by atoms with E-state index in [9.17, 15) is 5.11 Å². The first kappa shape index (κ1) is 10.3. The van der Waals surface area contributed by atoms with Crippen molar-refractivity contribution in [2.24, 2.45) is 17.8 Å². The molecule has 3 heteroatoms. The molecule has 0 saturated heterocycles. The molecule has 1 aromatic rings. The Hall–Kier alpha value is 0.140. The first-order valence-corrected chi connectivity index (χ1v) is 7.23. The molecule has 82 valence electrons. The largest absolute Gasteiger partial charge is 0.387 e. The van der Waals surface area contributed by atoms with Gasteiger partial charge in [0.15, 0.2) is 0 Å². The maximum absolute atomic E-state index is 10.3. The zero-order valence-corrected chi connectivity index (χ0v) is 11.1. The zero-order chi connectivity index (χ0) is 10.6. The van der Waals surface area contributed by atoms with Crippen molar-refractivity contribution >= 4 is 27.3 Å². The lowest BCUT2D eigenvalue weighted by atomic mass is 10.1. The molecule has 1 heterocycles. The molecule has 3 unspecified atom stereocenters. The van der Waals surface area contributed by atoms with Gasteiger partial charge in [-0.2, -0.15) is 0 Å². The fourth-order valence-electron chi connectivity index (χ4n) is 3.16. The lowest BCUT2D eigenvalue weighted by Gasteiger charge is -2.09. The SMILES string of the molecule is Cc1sc(C(O)C2C3CCCC32)cc1Br. The molecule has 2 aliphatic carbocycles. The van der Waals surface area contributed by atoms with E-state index in [0.717, 1.165) is 21.2 Å². The quantitative estimate of drug-likeness (QED) is 0.874. The molecular formula is C12H15BrOS. The summed E-state index contributed by atoms with van der Waals surface area (Å²) in [6, 6.07) is 2.10. The molecule has 3 atom stereocenters. The number of aliphatic hydroxyl groups is 1. The van der Waals surface area contributed by atoms with E-state index >= 15 is 0 Å². The Labute approximate surface area is 103 Å². The Balaban J connectivity index is 1.77. The summed E-state index contributed by atoms with van der Waals surface area (Å²) in [5, 5.41) is 10.3. The maximum atomic E-state index is 10.3. The number of rotatable bonds is 2. The molecule has 0 radical (unpaired) electrons. The number of aliphatic hydroxyl groups excluding tert-OH is 1. The van der Waals surface area contributed by atoms with E-state index in [4.69, 9.17) is 0 Å². The molecule has 0 aliphatic heterocycles. The van der Waals surface area contributed by atoms with Crippen LogP contribution >= 0.6 is 27.3 Å². The van der Waals surface area contributed by atoms with Crippen LogP contribution in [0.5, 0.6) is 0 Å². The molecule has 2 fully saturated rings. The summed E-state index contributed by atoms with van der Waals surface area (Å²) in [7, 11) is 0. The van der Waals surface area contributed by atoms with Crippen molar-refractivity contribution in [1.29, 1.82) is 0 Å². The molecule has 1 N–H and O–H groups in total. The van der Waals surface area contributed by atoms with Gasteiger partial charge in [-0.05, 0) is 59.5 Å². The van der Waals surface area contributed by atoms with Crippen LogP contribution in [0.3, 0.4) is 0 Å². The average molecular weight is 287 g/mol. The third-order valence-corrected chi connectivity index (χ3v) is 6.21. The second-order valence-corrected chi connectivity index (χ2v) is 6.98. The summed E-state index contributed by atoms with van der Waals surface area (Å²) in [6.07, 6.45) is 3.87. The first-order valence-electron chi connectivity index (χ1n) is 5.62. The summed E-state index contributed by atoms with van der Waals surface area (Å²) in [4.78, 5) is 2.42. The summed E-state index contributed by atoms with van der Waals surface area (Å²) in [5.74, 6) is 2.24. The van der Waals surface area contributed by atoms with Gasteiger partial charge >= 0.3 is 0 Å². The van der Waals surface area contributed by atoms with Crippen LogP contribution in [0.15, 0.2) is 10.5 Å². The normalized spacial score (nSPS) is 35.3. The second kappa shape index (κ2) is 3.57. The van der Waals surface area contributed by atoms with Gasteiger partial charge in [0.2, 0.25) is 0 Å². The molecule has 0 bridgehead atoms. The third kappa shape index (κ3) is 1.60. The molecule has 2 saturated carbocycles. The van der Waals surface area contributed by atoms with E-state index in [1.165, 1.54) is 24.1 Å². The van der Waals surface area contributed by atoms with E-state index in [1.807, 2.05) is 0 Å². The van der Waals surface area contributed by atoms with E-state index < -0.39 is 0 Å². The van der Waals surface area contributed by atoms with Crippen LogP contribution in [-0.4, -0.2) is 5.11 Å². The van der Waals surface area contributed by atoms with Gasteiger partial charge in [-0.15, -0.1) is 11.3 Å². The highest BCUT2D eigenvalue weighted by molar-refractivity contribution is 9.10. The van der Waals surface area contributed by atoms with Crippen LogP contribution in [0.1, 0.15) is 35.1 Å². The Morgan fingerprint density at radius 1 is 1.47 bits per heavy atom. The van der Waals surface area contributed by atoms with Crippen LogP contribution < -0.4 is 0 Å². The molecule has 3 rings (SSSR count). The third-order valence-electron chi connectivity index (χ3n) is 4.01. The van der Waals surface area contributed by atoms with E-state index in [1.54, 1.807) is 11.3 Å². The lowest BCUT2D eigenvalue weighted by Crippen LogP contribution is -2.02. The van der Waals surface area contributed by atoms with Crippen molar-refractivity contribution in [3.63, 3.8) is 0 Å². The standard InChI is InChI=1S/C12H15BrOS/c1-6-9(13)5-10(15-6)12(14)11-7-3-2-4-8(7)11/h5,7-8,11-12,14H,2-4H2,1H3.